The van der Waals surface area contributed by atoms with Crippen LogP contribution in [0.5, 0.6) is 0 Å². The summed E-state index contributed by atoms with van der Waals surface area (Å²) in [4.78, 5) is 2.21. The first kappa shape index (κ1) is 12.3. The van der Waals surface area contributed by atoms with Gasteiger partial charge in [-0.1, -0.05) is 12.1 Å². The van der Waals surface area contributed by atoms with Crippen molar-refractivity contribution in [2.45, 2.75) is 39.0 Å². The Labute approximate surface area is 101 Å². The molecule has 1 saturated heterocycles. The van der Waals surface area contributed by atoms with Crippen molar-refractivity contribution in [3.63, 3.8) is 0 Å². The monoisotopic (exact) mass is 240 g/mol. The molecule has 0 saturated carbocycles. The van der Waals surface area contributed by atoms with E-state index in [9.17, 15) is 5.11 Å². The number of aliphatic hydroxyl groups is 1. The maximum absolute atomic E-state index is 9.18. The van der Waals surface area contributed by atoms with Crippen LogP contribution in [0.1, 0.15) is 20.3 Å². The summed E-state index contributed by atoms with van der Waals surface area (Å²) in [5.41, 5.74) is 0. The van der Waals surface area contributed by atoms with Crippen LogP contribution in [0.2, 0.25) is 0 Å². The number of aromatic nitrogens is 3. The molecule has 96 valence electrons. The molecule has 6 heteroatoms. The zero-order valence-corrected chi connectivity index (χ0v) is 10.4. The van der Waals surface area contributed by atoms with Crippen molar-refractivity contribution in [3.05, 3.63) is 6.20 Å². The van der Waals surface area contributed by atoms with E-state index in [1.807, 2.05) is 4.68 Å². The molecule has 0 bridgehead atoms. The molecule has 1 N–H and O–H groups in total. The molecule has 1 aromatic rings. The van der Waals surface area contributed by atoms with Gasteiger partial charge < -0.3 is 14.7 Å². The number of aryl methyl sites for hydroxylation is 1. The molecule has 0 aromatic carbocycles. The third-order valence-electron chi connectivity index (χ3n) is 3.04. The Balaban J connectivity index is 2.15. The summed E-state index contributed by atoms with van der Waals surface area (Å²) < 4.78 is 7.44. The molecule has 0 amide bonds. The molecule has 2 unspecified atom stereocenters. The van der Waals surface area contributed by atoms with Crippen molar-refractivity contribution in [2.75, 3.05) is 24.7 Å². The quantitative estimate of drug-likeness (QED) is 0.818. The van der Waals surface area contributed by atoms with Gasteiger partial charge in [-0.05, 0) is 13.3 Å². The summed E-state index contributed by atoms with van der Waals surface area (Å²) >= 11 is 0. The van der Waals surface area contributed by atoms with E-state index >= 15 is 0 Å². The van der Waals surface area contributed by atoms with E-state index in [-0.39, 0.29) is 18.8 Å². The standard InChI is InChI=1S/C11H20N4O2/c1-3-4-15-11(5-12-13-15)14-6-10(7-16)17-8-9(14)2/h5,9-10,16H,3-4,6-8H2,1-2H3. The predicted molar refractivity (Wildman–Crippen MR) is 63.9 cm³/mol. The first-order valence-corrected chi connectivity index (χ1v) is 6.13. The molecule has 2 rings (SSSR count). The molecule has 0 spiro atoms. The minimum atomic E-state index is -0.115. The molecule has 1 aliphatic heterocycles. The van der Waals surface area contributed by atoms with Crippen molar-refractivity contribution >= 4 is 5.82 Å². The van der Waals surface area contributed by atoms with Gasteiger partial charge in [0.05, 0.1) is 31.6 Å². The van der Waals surface area contributed by atoms with Crippen LogP contribution in [-0.2, 0) is 11.3 Å². The zero-order valence-electron chi connectivity index (χ0n) is 10.4. The Hall–Kier alpha value is -1.14. The summed E-state index contributed by atoms with van der Waals surface area (Å²) in [6, 6.07) is 0.284. The summed E-state index contributed by atoms with van der Waals surface area (Å²) in [7, 11) is 0. The molecular formula is C11H20N4O2. The van der Waals surface area contributed by atoms with Crippen LogP contribution in [-0.4, -0.2) is 52.0 Å². The second-order valence-electron chi connectivity index (χ2n) is 4.45. The number of morpholine rings is 1. The second kappa shape index (κ2) is 5.46. The van der Waals surface area contributed by atoms with Crippen LogP contribution in [0.3, 0.4) is 0 Å². The fourth-order valence-corrected chi connectivity index (χ4v) is 2.09. The number of rotatable bonds is 4. The molecule has 6 nitrogen and oxygen atoms in total. The first-order chi connectivity index (χ1) is 8.26. The molecule has 0 aliphatic carbocycles. The Morgan fingerprint density at radius 1 is 1.59 bits per heavy atom. The largest absolute Gasteiger partial charge is 0.394 e. The lowest BCUT2D eigenvalue weighted by Gasteiger charge is -2.38. The van der Waals surface area contributed by atoms with Crippen molar-refractivity contribution in [1.82, 2.24) is 15.0 Å². The lowest BCUT2D eigenvalue weighted by Crippen LogP contribution is -2.50. The van der Waals surface area contributed by atoms with Gasteiger partial charge in [0.15, 0.2) is 0 Å². The highest BCUT2D eigenvalue weighted by atomic mass is 16.5. The third kappa shape index (κ3) is 2.58. The minimum Gasteiger partial charge on any atom is -0.394 e. The third-order valence-corrected chi connectivity index (χ3v) is 3.04. The van der Waals surface area contributed by atoms with Crippen molar-refractivity contribution in [2.24, 2.45) is 0 Å². The van der Waals surface area contributed by atoms with E-state index < -0.39 is 0 Å². The lowest BCUT2D eigenvalue weighted by atomic mass is 10.2. The van der Waals surface area contributed by atoms with Gasteiger partial charge in [0, 0.05) is 13.1 Å². The SMILES string of the molecule is CCCn1nncc1N1CC(CO)OCC1C. The molecule has 1 aliphatic rings. The minimum absolute atomic E-state index is 0.0541. The van der Waals surface area contributed by atoms with Crippen LogP contribution in [0, 0.1) is 0 Å². The molecule has 17 heavy (non-hydrogen) atoms. The van der Waals surface area contributed by atoms with Gasteiger partial charge in [0.1, 0.15) is 5.82 Å². The van der Waals surface area contributed by atoms with Gasteiger partial charge in [0.25, 0.3) is 0 Å². The summed E-state index contributed by atoms with van der Waals surface area (Å²) in [6.07, 6.45) is 2.70. The van der Waals surface area contributed by atoms with Gasteiger partial charge >= 0.3 is 0 Å². The Kier molecular flexibility index (Phi) is 3.96. The van der Waals surface area contributed by atoms with E-state index in [2.05, 4.69) is 29.1 Å². The van der Waals surface area contributed by atoms with Crippen LogP contribution < -0.4 is 4.90 Å². The topological polar surface area (TPSA) is 63.4 Å². The van der Waals surface area contributed by atoms with E-state index in [1.165, 1.54) is 0 Å². The van der Waals surface area contributed by atoms with E-state index in [4.69, 9.17) is 4.74 Å². The average Bonchev–Trinajstić information content (AvgIpc) is 2.78. The highest BCUT2D eigenvalue weighted by Crippen LogP contribution is 2.20. The van der Waals surface area contributed by atoms with E-state index in [0.29, 0.717) is 13.2 Å². The van der Waals surface area contributed by atoms with Crippen LogP contribution in [0.25, 0.3) is 0 Å². The number of aliphatic hydroxyl groups excluding tert-OH is 1. The zero-order chi connectivity index (χ0) is 12.3. The number of hydrogen-bond acceptors (Lipinski definition) is 5. The summed E-state index contributed by atoms with van der Waals surface area (Å²) in [5, 5.41) is 17.2. The van der Waals surface area contributed by atoms with Crippen molar-refractivity contribution in [1.29, 1.82) is 0 Å². The lowest BCUT2D eigenvalue weighted by molar-refractivity contribution is -0.0108. The smallest absolute Gasteiger partial charge is 0.147 e. The molecule has 0 radical (unpaired) electrons. The summed E-state index contributed by atoms with van der Waals surface area (Å²) in [6.45, 7) is 6.46. The van der Waals surface area contributed by atoms with Gasteiger partial charge in [-0.15, -0.1) is 5.10 Å². The number of hydrogen-bond donors (Lipinski definition) is 1. The van der Waals surface area contributed by atoms with Crippen molar-refractivity contribution in [3.8, 4) is 0 Å². The van der Waals surface area contributed by atoms with Gasteiger partial charge in [-0.3, -0.25) is 0 Å². The first-order valence-electron chi connectivity index (χ1n) is 6.13. The molecular weight excluding hydrogens is 220 g/mol. The molecule has 2 heterocycles. The maximum Gasteiger partial charge on any atom is 0.147 e. The number of anilines is 1. The van der Waals surface area contributed by atoms with E-state index in [0.717, 1.165) is 18.8 Å². The Bertz CT molecular complexity index is 355. The van der Waals surface area contributed by atoms with Gasteiger partial charge in [-0.25, -0.2) is 4.68 Å². The fraction of sp³-hybridized carbons (Fsp3) is 0.818. The van der Waals surface area contributed by atoms with Gasteiger partial charge in [-0.2, -0.15) is 0 Å². The van der Waals surface area contributed by atoms with E-state index in [1.54, 1.807) is 6.20 Å². The number of ether oxygens (including phenoxy) is 1. The average molecular weight is 240 g/mol. The Morgan fingerprint density at radius 2 is 2.41 bits per heavy atom. The predicted octanol–water partition coefficient (Wildman–Crippen LogP) is 0.274. The highest BCUT2D eigenvalue weighted by Gasteiger charge is 2.27. The maximum atomic E-state index is 9.18. The van der Waals surface area contributed by atoms with Gasteiger partial charge in [0.2, 0.25) is 0 Å². The summed E-state index contributed by atoms with van der Waals surface area (Å²) in [5.74, 6) is 1.01. The second-order valence-corrected chi connectivity index (χ2v) is 4.45. The number of nitrogens with zero attached hydrogens (tertiary/aromatic N) is 4. The van der Waals surface area contributed by atoms with Crippen LogP contribution in [0.15, 0.2) is 6.20 Å². The van der Waals surface area contributed by atoms with Crippen molar-refractivity contribution < 1.29 is 9.84 Å². The molecule has 1 fully saturated rings. The normalized spacial score (nSPS) is 25.2. The molecule has 1 aromatic heterocycles. The van der Waals surface area contributed by atoms with Crippen LogP contribution in [0.4, 0.5) is 5.82 Å². The fourth-order valence-electron chi connectivity index (χ4n) is 2.09. The van der Waals surface area contributed by atoms with Crippen LogP contribution >= 0.6 is 0 Å². The highest BCUT2D eigenvalue weighted by molar-refractivity contribution is 5.38. The molecule has 2 atom stereocenters. The Morgan fingerprint density at radius 3 is 3.12 bits per heavy atom.